The van der Waals surface area contributed by atoms with Crippen LogP contribution in [0.3, 0.4) is 0 Å². The molecular weight excluding hydrogens is 314 g/mol. The number of rotatable bonds is 7. The Kier molecular flexibility index (Phi) is 5.33. The molecule has 1 atom stereocenters. The van der Waals surface area contributed by atoms with Crippen molar-refractivity contribution in [1.82, 2.24) is 5.32 Å². The van der Waals surface area contributed by atoms with E-state index in [2.05, 4.69) is 5.32 Å². The lowest BCUT2D eigenvalue weighted by atomic mass is 9.70. The zero-order valence-electron chi connectivity index (χ0n) is 13.5. The molecule has 1 aromatic carbocycles. The van der Waals surface area contributed by atoms with Gasteiger partial charge in [0, 0.05) is 12.0 Å². The first-order chi connectivity index (χ1) is 11.5. The van der Waals surface area contributed by atoms with Gasteiger partial charge >= 0.3 is 11.9 Å². The molecule has 1 unspecified atom stereocenters. The Hall–Kier alpha value is -2.70. The van der Waals surface area contributed by atoms with Crippen molar-refractivity contribution >= 4 is 23.6 Å². The molecule has 1 heterocycles. The number of carbonyl (C=O) groups is 4. The van der Waals surface area contributed by atoms with Crippen LogP contribution >= 0.6 is 0 Å². The van der Waals surface area contributed by atoms with Crippen molar-refractivity contribution in [3.63, 3.8) is 0 Å². The van der Waals surface area contributed by atoms with Crippen molar-refractivity contribution in [2.45, 2.75) is 26.3 Å². The topological polar surface area (TPSA) is 98.8 Å². The summed E-state index contributed by atoms with van der Waals surface area (Å²) in [6.07, 6.45) is -0.129. The van der Waals surface area contributed by atoms with Crippen LogP contribution in [-0.2, 0) is 23.9 Å². The summed E-state index contributed by atoms with van der Waals surface area (Å²) in [7, 11) is 0. The fraction of sp³-hybridized carbons (Fsp3) is 0.412. The van der Waals surface area contributed by atoms with Gasteiger partial charge in [-0.2, -0.15) is 0 Å². The van der Waals surface area contributed by atoms with Crippen LogP contribution < -0.4 is 5.32 Å². The van der Waals surface area contributed by atoms with Gasteiger partial charge in [-0.05, 0) is 13.8 Å². The van der Waals surface area contributed by atoms with E-state index in [-0.39, 0.29) is 31.1 Å². The number of benzene rings is 1. The molecule has 1 N–H and O–H groups in total. The van der Waals surface area contributed by atoms with Crippen LogP contribution in [0.4, 0.5) is 0 Å². The monoisotopic (exact) mass is 333 g/mol. The minimum atomic E-state index is -2.23. The molecule has 1 aliphatic rings. The van der Waals surface area contributed by atoms with Crippen molar-refractivity contribution in [3.8, 4) is 0 Å². The summed E-state index contributed by atoms with van der Waals surface area (Å²) >= 11 is 0. The van der Waals surface area contributed by atoms with Crippen molar-refractivity contribution in [1.29, 1.82) is 0 Å². The molecule has 1 aliphatic heterocycles. The summed E-state index contributed by atoms with van der Waals surface area (Å²) in [5, 5.41) is 2.45. The van der Waals surface area contributed by atoms with Crippen molar-refractivity contribution in [2.75, 3.05) is 13.2 Å². The number of hydrogen-bond acceptors (Lipinski definition) is 6. The predicted octanol–water partition coefficient (Wildman–Crippen LogP) is 0.870. The van der Waals surface area contributed by atoms with Crippen LogP contribution in [0.25, 0.3) is 0 Å². The smallest absolute Gasteiger partial charge is 0.333 e. The fourth-order valence-corrected chi connectivity index (χ4v) is 2.64. The Morgan fingerprint density at radius 2 is 1.58 bits per heavy atom. The first-order valence-corrected chi connectivity index (χ1v) is 7.72. The molecule has 7 nitrogen and oxygen atoms in total. The molecule has 0 bridgehead atoms. The number of hydrogen-bond donors (Lipinski definition) is 1. The van der Waals surface area contributed by atoms with Crippen LogP contribution in [-0.4, -0.2) is 42.9 Å². The summed E-state index contributed by atoms with van der Waals surface area (Å²) in [6.45, 7) is 3.12. The minimum absolute atomic E-state index is 0.0112. The second kappa shape index (κ2) is 7.25. The quantitative estimate of drug-likeness (QED) is 0.344. The van der Waals surface area contributed by atoms with Crippen molar-refractivity contribution in [3.05, 3.63) is 35.9 Å². The lowest BCUT2D eigenvalue weighted by Crippen LogP contribution is -2.67. The minimum Gasteiger partial charge on any atom is -0.465 e. The first-order valence-electron chi connectivity index (χ1n) is 7.72. The van der Waals surface area contributed by atoms with Crippen LogP contribution in [0.2, 0.25) is 0 Å². The number of carbonyl (C=O) groups excluding carboxylic acids is 4. The molecule has 1 amide bonds. The van der Waals surface area contributed by atoms with Gasteiger partial charge in [0.25, 0.3) is 0 Å². The molecule has 0 saturated carbocycles. The second-order valence-corrected chi connectivity index (χ2v) is 5.27. The number of nitrogens with one attached hydrogen (secondary N) is 1. The molecular formula is C17H19NO6. The van der Waals surface area contributed by atoms with Gasteiger partial charge in [0.15, 0.2) is 5.78 Å². The molecule has 0 aromatic heterocycles. The van der Waals surface area contributed by atoms with Gasteiger partial charge in [-0.25, -0.2) is 0 Å². The van der Waals surface area contributed by atoms with Gasteiger partial charge in [-0.1, -0.05) is 30.3 Å². The number of Topliss-reactive ketones (excluding diaryl/α,β-unsaturated/α-hetero) is 1. The largest absolute Gasteiger partial charge is 0.465 e. The van der Waals surface area contributed by atoms with Gasteiger partial charge in [0.2, 0.25) is 11.3 Å². The van der Waals surface area contributed by atoms with Gasteiger partial charge < -0.3 is 14.8 Å². The van der Waals surface area contributed by atoms with Crippen LogP contribution in [0.5, 0.6) is 0 Å². The van der Waals surface area contributed by atoms with E-state index in [9.17, 15) is 19.2 Å². The third-order valence-electron chi connectivity index (χ3n) is 3.84. The first kappa shape index (κ1) is 17.7. The van der Waals surface area contributed by atoms with E-state index in [4.69, 9.17) is 9.47 Å². The highest BCUT2D eigenvalue weighted by atomic mass is 16.6. The average molecular weight is 333 g/mol. The average Bonchev–Trinajstić information content (AvgIpc) is 2.55. The third kappa shape index (κ3) is 2.89. The zero-order valence-corrected chi connectivity index (χ0v) is 13.5. The van der Waals surface area contributed by atoms with Crippen LogP contribution in [0, 0.1) is 5.41 Å². The zero-order chi connectivity index (χ0) is 17.7. The number of β-lactam (4-membered cyclic amide) rings is 1. The van der Waals surface area contributed by atoms with Crippen molar-refractivity contribution in [2.24, 2.45) is 5.41 Å². The van der Waals surface area contributed by atoms with E-state index in [1.807, 2.05) is 0 Å². The van der Waals surface area contributed by atoms with Crippen molar-refractivity contribution < 1.29 is 28.7 Å². The lowest BCUT2D eigenvalue weighted by Gasteiger charge is -2.39. The highest BCUT2D eigenvalue weighted by Gasteiger charge is 2.64. The molecule has 0 aliphatic carbocycles. The highest BCUT2D eigenvalue weighted by molar-refractivity contribution is 6.27. The van der Waals surface area contributed by atoms with E-state index in [1.165, 1.54) is 12.1 Å². The summed E-state index contributed by atoms with van der Waals surface area (Å²) in [5.41, 5.74) is -2.07. The van der Waals surface area contributed by atoms with Gasteiger partial charge in [0.05, 0.1) is 19.3 Å². The Balaban J connectivity index is 2.55. The molecule has 1 fully saturated rings. The lowest BCUT2D eigenvalue weighted by molar-refractivity contribution is -0.172. The molecule has 1 saturated heterocycles. The van der Waals surface area contributed by atoms with E-state index in [0.717, 1.165) is 0 Å². The van der Waals surface area contributed by atoms with Crippen LogP contribution in [0.1, 0.15) is 30.6 Å². The van der Waals surface area contributed by atoms with E-state index < -0.39 is 29.2 Å². The molecule has 2 rings (SSSR count). The molecule has 24 heavy (non-hydrogen) atoms. The Labute approximate surface area is 139 Å². The second-order valence-electron chi connectivity index (χ2n) is 5.27. The SMILES string of the molecule is CCOC(=O)C(C(=O)OCC)(C(=O)c1ccccc1)C1CC(=O)N1. The van der Waals surface area contributed by atoms with Gasteiger partial charge in [-0.3, -0.25) is 19.2 Å². The van der Waals surface area contributed by atoms with Gasteiger partial charge in [0.1, 0.15) is 0 Å². The van der Waals surface area contributed by atoms with Crippen LogP contribution in [0.15, 0.2) is 30.3 Å². The molecule has 0 radical (unpaired) electrons. The highest BCUT2D eigenvalue weighted by Crippen LogP contribution is 2.36. The molecule has 0 spiro atoms. The number of ketones is 1. The number of ether oxygens (including phenoxy) is 2. The Morgan fingerprint density at radius 1 is 1.08 bits per heavy atom. The van der Waals surface area contributed by atoms with E-state index in [0.29, 0.717) is 0 Å². The maximum Gasteiger partial charge on any atom is 0.333 e. The predicted molar refractivity (Wildman–Crippen MR) is 83.0 cm³/mol. The molecule has 7 heteroatoms. The summed E-state index contributed by atoms with van der Waals surface area (Å²) < 4.78 is 10.00. The Morgan fingerprint density at radius 3 is 2.00 bits per heavy atom. The maximum absolute atomic E-state index is 13.1. The normalized spacial score (nSPS) is 16.6. The third-order valence-corrected chi connectivity index (χ3v) is 3.84. The summed E-state index contributed by atoms with van der Waals surface area (Å²) in [6, 6.07) is 6.95. The molecule has 128 valence electrons. The Bertz CT molecular complexity index is 628. The van der Waals surface area contributed by atoms with E-state index in [1.54, 1.807) is 32.0 Å². The molecule has 1 aromatic rings. The van der Waals surface area contributed by atoms with E-state index >= 15 is 0 Å². The fourth-order valence-electron chi connectivity index (χ4n) is 2.64. The van der Waals surface area contributed by atoms with Gasteiger partial charge in [-0.15, -0.1) is 0 Å². The maximum atomic E-state index is 13.1. The summed E-state index contributed by atoms with van der Waals surface area (Å²) in [4.78, 5) is 49.7. The number of esters is 2. The summed E-state index contributed by atoms with van der Waals surface area (Å²) in [5.74, 6) is -3.12. The number of amides is 1. The standard InChI is InChI=1S/C17H19NO6/c1-3-23-15(21)17(16(22)24-4-2,12-10-13(19)18-12)14(20)11-8-6-5-7-9-11/h5-9,12H,3-4,10H2,1-2H3,(H,18,19).